The SMILES string of the molecule is O=[N+]([O-])c1cc2c(cc1Sc1ccc(F)cc1)C1(CC2)OCCO1. The van der Waals surface area contributed by atoms with Gasteiger partial charge in [0.05, 0.1) is 23.0 Å². The third-order valence-electron chi connectivity index (χ3n) is 4.31. The van der Waals surface area contributed by atoms with Crippen LogP contribution in [0, 0.1) is 15.9 Å². The lowest BCUT2D eigenvalue weighted by molar-refractivity contribution is -0.387. The van der Waals surface area contributed by atoms with E-state index in [2.05, 4.69) is 0 Å². The van der Waals surface area contributed by atoms with Crippen molar-refractivity contribution in [2.45, 2.75) is 28.4 Å². The molecule has 1 heterocycles. The minimum atomic E-state index is -0.761. The fourth-order valence-corrected chi connectivity index (χ4v) is 4.16. The molecule has 0 atom stereocenters. The Morgan fingerprint density at radius 2 is 1.88 bits per heavy atom. The highest BCUT2D eigenvalue weighted by atomic mass is 32.2. The van der Waals surface area contributed by atoms with Crippen LogP contribution in [0.25, 0.3) is 0 Å². The molecule has 0 aromatic heterocycles. The summed E-state index contributed by atoms with van der Waals surface area (Å²) in [7, 11) is 0. The average molecular weight is 347 g/mol. The van der Waals surface area contributed by atoms with Gasteiger partial charge in [-0.3, -0.25) is 10.1 Å². The van der Waals surface area contributed by atoms with E-state index in [1.165, 1.54) is 23.9 Å². The van der Waals surface area contributed by atoms with E-state index < -0.39 is 5.79 Å². The molecule has 2 aliphatic rings. The number of rotatable bonds is 3. The van der Waals surface area contributed by atoms with Gasteiger partial charge in [0.1, 0.15) is 5.82 Å². The average Bonchev–Trinajstić information content (AvgIpc) is 3.18. The summed E-state index contributed by atoms with van der Waals surface area (Å²) in [5.41, 5.74) is 1.82. The predicted molar refractivity (Wildman–Crippen MR) is 85.5 cm³/mol. The lowest BCUT2D eigenvalue weighted by Crippen LogP contribution is -2.23. The van der Waals surface area contributed by atoms with Crippen LogP contribution in [0.15, 0.2) is 46.2 Å². The van der Waals surface area contributed by atoms with Gasteiger partial charge in [0.15, 0.2) is 5.79 Å². The largest absolute Gasteiger partial charge is 0.343 e. The van der Waals surface area contributed by atoms with E-state index in [4.69, 9.17) is 9.47 Å². The first-order valence-electron chi connectivity index (χ1n) is 7.60. The second-order valence-corrected chi connectivity index (χ2v) is 6.86. The Labute approximate surface area is 141 Å². The summed E-state index contributed by atoms with van der Waals surface area (Å²) in [5.74, 6) is -1.10. The summed E-state index contributed by atoms with van der Waals surface area (Å²) in [4.78, 5) is 12.3. The van der Waals surface area contributed by atoms with Crippen molar-refractivity contribution in [2.75, 3.05) is 13.2 Å². The number of hydrogen-bond acceptors (Lipinski definition) is 5. The van der Waals surface area contributed by atoms with Gasteiger partial charge in [-0.2, -0.15) is 0 Å². The van der Waals surface area contributed by atoms with Crippen LogP contribution in [0.4, 0.5) is 10.1 Å². The normalized spacial score (nSPS) is 18.0. The fraction of sp³-hybridized carbons (Fsp3) is 0.294. The first-order chi connectivity index (χ1) is 11.6. The van der Waals surface area contributed by atoms with E-state index in [-0.39, 0.29) is 16.4 Å². The monoisotopic (exact) mass is 347 g/mol. The quantitative estimate of drug-likeness (QED) is 0.620. The Hall–Kier alpha value is -1.96. The van der Waals surface area contributed by atoms with Crippen molar-refractivity contribution in [1.82, 2.24) is 0 Å². The van der Waals surface area contributed by atoms with Gasteiger partial charge >= 0.3 is 0 Å². The Morgan fingerprint density at radius 1 is 1.17 bits per heavy atom. The fourth-order valence-electron chi connectivity index (χ4n) is 3.22. The lowest BCUT2D eigenvalue weighted by Gasteiger charge is -2.23. The van der Waals surface area contributed by atoms with Crippen LogP contribution in [0.3, 0.4) is 0 Å². The first-order valence-corrected chi connectivity index (χ1v) is 8.42. The molecule has 5 nitrogen and oxygen atoms in total. The Bertz CT molecular complexity index is 803. The minimum Gasteiger partial charge on any atom is -0.343 e. The highest BCUT2D eigenvalue weighted by Crippen LogP contribution is 2.47. The highest BCUT2D eigenvalue weighted by molar-refractivity contribution is 7.99. The molecule has 1 spiro atoms. The zero-order valence-electron chi connectivity index (χ0n) is 12.7. The van der Waals surface area contributed by atoms with Crippen molar-refractivity contribution in [2.24, 2.45) is 0 Å². The van der Waals surface area contributed by atoms with E-state index in [0.717, 1.165) is 16.0 Å². The number of nitro groups is 1. The summed E-state index contributed by atoms with van der Waals surface area (Å²) in [6.07, 6.45) is 1.36. The molecule has 2 aromatic carbocycles. The van der Waals surface area contributed by atoms with Crippen LogP contribution in [-0.2, 0) is 21.7 Å². The molecule has 124 valence electrons. The lowest BCUT2D eigenvalue weighted by atomic mass is 10.1. The smallest absolute Gasteiger partial charge is 0.283 e. The zero-order valence-corrected chi connectivity index (χ0v) is 13.5. The van der Waals surface area contributed by atoms with Crippen LogP contribution in [0.5, 0.6) is 0 Å². The standard InChI is InChI=1S/C17H14FNO4S/c18-12-1-3-13(4-2-12)24-16-10-14-11(9-15(16)19(20)21)5-6-17(14)22-7-8-23-17/h1-4,9-10H,5-8H2. The van der Waals surface area contributed by atoms with Gasteiger partial charge in [-0.05, 0) is 42.3 Å². The minimum absolute atomic E-state index is 0.0538. The summed E-state index contributed by atoms with van der Waals surface area (Å²) in [6.45, 7) is 1.05. The van der Waals surface area contributed by atoms with Crippen LogP contribution in [-0.4, -0.2) is 18.1 Å². The molecule has 1 fully saturated rings. The van der Waals surface area contributed by atoms with Gasteiger partial charge in [0.25, 0.3) is 5.69 Å². The molecule has 0 saturated carbocycles. The van der Waals surface area contributed by atoms with Gasteiger partial charge in [0.2, 0.25) is 0 Å². The first kappa shape index (κ1) is 15.6. The molecule has 0 bridgehead atoms. The molecule has 0 amide bonds. The van der Waals surface area contributed by atoms with Crippen LogP contribution < -0.4 is 0 Å². The van der Waals surface area contributed by atoms with E-state index in [1.807, 2.05) is 0 Å². The maximum Gasteiger partial charge on any atom is 0.283 e. The van der Waals surface area contributed by atoms with E-state index in [9.17, 15) is 14.5 Å². The molecule has 0 radical (unpaired) electrons. The zero-order chi connectivity index (χ0) is 16.7. The van der Waals surface area contributed by atoms with Crippen LogP contribution in [0.1, 0.15) is 17.5 Å². The molecular weight excluding hydrogens is 333 g/mol. The number of halogens is 1. The Kier molecular flexibility index (Phi) is 3.79. The summed E-state index contributed by atoms with van der Waals surface area (Å²) >= 11 is 1.24. The molecule has 7 heteroatoms. The number of hydrogen-bond donors (Lipinski definition) is 0. The van der Waals surface area contributed by atoms with Crippen LogP contribution in [0.2, 0.25) is 0 Å². The molecular formula is C17H14FNO4S. The molecule has 0 unspecified atom stereocenters. The summed E-state index contributed by atoms with van der Waals surface area (Å²) < 4.78 is 24.7. The molecule has 4 rings (SSSR count). The van der Waals surface area contributed by atoms with Gasteiger partial charge in [0, 0.05) is 22.9 Å². The van der Waals surface area contributed by atoms with E-state index in [1.54, 1.807) is 24.3 Å². The molecule has 2 aromatic rings. The predicted octanol–water partition coefficient (Wildman–Crippen LogP) is 4.03. The van der Waals surface area contributed by atoms with Gasteiger partial charge in [-0.15, -0.1) is 0 Å². The van der Waals surface area contributed by atoms with E-state index in [0.29, 0.717) is 31.0 Å². The molecule has 24 heavy (non-hydrogen) atoms. The highest BCUT2D eigenvalue weighted by Gasteiger charge is 2.45. The molecule has 0 N–H and O–H groups in total. The number of nitro benzene ring substituents is 1. The number of benzene rings is 2. The summed E-state index contributed by atoms with van der Waals surface area (Å²) in [6, 6.07) is 9.30. The number of nitrogens with zero attached hydrogens (tertiary/aromatic N) is 1. The third-order valence-corrected chi connectivity index (χ3v) is 5.37. The van der Waals surface area contributed by atoms with Crippen molar-refractivity contribution < 1.29 is 18.8 Å². The van der Waals surface area contributed by atoms with Crippen molar-refractivity contribution in [3.05, 3.63) is 63.5 Å². The van der Waals surface area contributed by atoms with E-state index >= 15 is 0 Å². The van der Waals surface area contributed by atoms with Crippen molar-refractivity contribution >= 4 is 17.4 Å². The maximum absolute atomic E-state index is 13.1. The van der Waals surface area contributed by atoms with Gasteiger partial charge in [-0.25, -0.2) is 4.39 Å². The number of aryl methyl sites for hydroxylation is 1. The third kappa shape index (κ3) is 2.58. The topological polar surface area (TPSA) is 61.6 Å². The Balaban J connectivity index is 1.77. The van der Waals surface area contributed by atoms with Crippen molar-refractivity contribution in [3.63, 3.8) is 0 Å². The van der Waals surface area contributed by atoms with Gasteiger partial charge in [-0.1, -0.05) is 11.8 Å². The molecule has 1 aliphatic heterocycles. The van der Waals surface area contributed by atoms with Crippen molar-refractivity contribution in [1.29, 1.82) is 0 Å². The van der Waals surface area contributed by atoms with Gasteiger partial charge < -0.3 is 9.47 Å². The second kappa shape index (κ2) is 5.84. The van der Waals surface area contributed by atoms with Crippen molar-refractivity contribution in [3.8, 4) is 0 Å². The summed E-state index contributed by atoms with van der Waals surface area (Å²) in [5, 5.41) is 11.4. The second-order valence-electron chi connectivity index (χ2n) is 5.74. The molecule has 1 saturated heterocycles. The number of ether oxygens (including phenoxy) is 2. The molecule has 1 aliphatic carbocycles. The Morgan fingerprint density at radius 3 is 2.54 bits per heavy atom. The van der Waals surface area contributed by atoms with Crippen LogP contribution >= 0.6 is 11.8 Å². The maximum atomic E-state index is 13.1. The number of fused-ring (bicyclic) bond motifs is 2.